The summed E-state index contributed by atoms with van der Waals surface area (Å²) in [7, 11) is 0. The molecule has 5 nitrogen and oxygen atoms in total. The lowest BCUT2D eigenvalue weighted by Gasteiger charge is -2.07. The van der Waals surface area contributed by atoms with Gasteiger partial charge in [0.1, 0.15) is 0 Å². The Morgan fingerprint density at radius 3 is 2.63 bits per heavy atom. The molecule has 0 radical (unpaired) electrons. The molecule has 0 fully saturated rings. The maximum atomic E-state index is 11.8. The maximum Gasteiger partial charge on any atom is 0.334 e. The summed E-state index contributed by atoms with van der Waals surface area (Å²) >= 11 is 11.8. The van der Waals surface area contributed by atoms with Gasteiger partial charge in [0.2, 0.25) is 0 Å². The van der Waals surface area contributed by atoms with Crippen LogP contribution in [0, 0.1) is 10.1 Å². The standard InChI is InChI=1S/C12H8Cl2N2O3/c13-9-4-3-8(10(14)6-9)7-15-5-1-2-11(12(15)17)16(18)19/h1-6H,7H2. The van der Waals surface area contributed by atoms with Gasteiger partial charge in [-0.1, -0.05) is 29.3 Å². The minimum atomic E-state index is -0.706. The Bertz CT molecular complexity index is 698. The lowest BCUT2D eigenvalue weighted by Crippen LogP contribution is -2.22. The van der Waals surface area contributed by atoms with E-state index in [1.807, 2.05) is 0 Å². The zero-order valence-corrected chi connectivity index (χ0v) is 11.1. The molecule has 0 atom stereocenters. The van der Waals surface area contributed by atoms with Crippen LogP contribution in [0.5, 0.6) is 0 Å². The highest BCUT2D eigenvalue weighted by molar-refractivity contribution is 6.35. The van der Waals surface area contributed by atoms with Crippen LogP contribution in [0.15, 0.2) is 41.3 Å². The lowest BCUT2D eigenvalue weighted by molar-refractivity contribution is -0.386. The Kier molecular flexibility index (Phi) is 3.87. The Hall–Kier alpha value is -1.85. The van der Waals surface area contributed by atoms with E-state index in [4.69, 9.17) is 23.2 Å². The summed E-state index contributed by atoms with van der Waals surface area (Å²) < 4.78 is 1.23. The van der Waals surface area contributed by atoms with Crippen molar-refractivity contribution < 1.29 is 4.92 Å². The van der Waals surface area contributed by atoms with Crippen molar-refractivity contribution in [3.05, 3.63) is 72.6 Å². The van der Waals surface area contributed by atoms with E-state index in [0.717, 1.165) is 0 Å². The molecule has 0 N–H and O–H groups in total. The molecular weight excluding hydrogens is 291 g/mol. The molecule has 0 saturated carbocycles. The van der Waals surface area contributed by atoms with Gasteiger partial charge in [0.25, 0.3) is 0 Å². The number of hydrogen-bond acceptors (Lipinski definition) is 3. The van der Waals surface area contributed by atoms with E-state index in [1.54, 1.807) is 18.2 Å². The molecule has 0 bridgehead atoms. The van der Waals surface area contributed by atoms with Crippen molar-refractivity contribution in [1.82, 2.24) is 4.57 Å². The number of nitro groups is 1. The van der Waals surface area contributed by atoms with Crippen LogP contribution in [-0.2, 0) is 6.54 Å². The summed E-state index contributed by atoms with van der Waals surface area (Å²) in [5.74, 6) is 0. The van der Waals surface area contributed by atoms with E-state index in [-0.39, 0.29) is 6.54 Å². The fraction of sp³-hybridized carbons (Fsp3) is 0.0833. The molecule has 0 spiro atoms. The monoisotopic (exact) mass is 298 g/mol. The van der Waals surface area contributed by atoms with E-state index in [0.29, 0.717) is 15.6 Å². The van der Waals surface area contributed by atoms with Crippen molar-refractivity contribution >= 4 is 28.9 Å². The van der Waals surface area contributed by atoms with E-state index >= 15 is 0 Å². The summed E-state index contributed by atoms with van der Waals surface area (Å²) in [6.07, 6.45) is 1.47. The zero-order chi connectivity index (χ0) is 14.0. The molecule has 19 heavy (non-hydrogen) atoms. The first-order valence-corrected chi connectivity index (χ1v) is 6.02. The summed E-state index contributed by atoms with van der Waals surface area (Å²) in [5, 5.41) is 11.6. The van der Waals surface area contributed by atoms with Crippen LogP contribution < -0.4 is 5.56 Å². The molecular formula is C12H8Cl2N2O3. The number of nitrogens with zero attached hydrogens (tertiary/aromatic N) is 2. The largest absolute Gasteiger partial charge is 0.334 e. The Morgan fingerprint density at radius 1 is 1.26 bits per heavy atom. The fourth-order valence-electron chi connectivity index (χ4n) is 1.62. The molecule has 0 aliphatic rings. The fourth-order valence-corrected chi connectivity index (χ4v) is 2.09. The Labute approximate surface area is 118 Å². The first-order valence-electron chi connectivity index (χ1n) is 5.27. The molecule has 2 aromatic rings. The van der Waals surface area contributed by atoms with Gasteiger partial charge in [0.15, 0.2) is 0 Å². The summed E-state index contributed by atoms with van der Waals surface area (Å²) in [5.41, 5.74) is -0.472. The second kappa shape index (κ2) is 5.42. The predicted octanol–water partition coefficient (Wildman–Crippen LogP) is 3.11. The Morgan fingerprint density at radius 2 is 2.00 bits per heavy atom. The van der Waals surface area contributed by atoms with Gasteiger partial charge in [0, 0.05) is 22.3 Å². The number of hydrogen-bond donors (Lipinski definition) is 0. The molecule has 1 aromatic carbocycles. The second-order valence-corrected chi connectivity index (χ2v) is 4.66. The second-order valence-electron chi connectivity index (χ2n) is 3.82. The van der Waals surface area contributed by atoms with Crippen molar-refractivity contribution in [2.45, 2.75) is 6.54 Å². The van der Waals surface area contributed by atoms with E-state index in [9.17, 15) is 14.9 Å². The van der Waals surface area contributed by atoms with Crippen molar-refractivity contribution in [3.63, 3.8) is 0 Å². The third-order valence-corrected chi connectivity index (χ3v) is 3.14. The molecule has 0 aliphatic heterocycles. The Balaban J connectivity index is 2.42. The summed E-state index contributed by atoms with van der Waals surface area (Å²) in [6.45, 7) is 0.149. The highest BCUT2D eigenvalue weighted by Gasteiger charge is 2.14. The minimum Gasteiger partial charge on any atom is -0.305 e. The molecule has 98 valence electrons. The van der Waals surface area contributed by atoms with Crippen molar-refractivity contribution in [2.75, 3.05) is 0 Å². The number of pyridine rings is 1. The smallest absolute Gasteiger partial charge is 0.305 e. The van der Waals surface area contributed by atoms with Gasteiger partial charge in [-0.3, -0.25) is 14.9 Å². The zero-order valence-electron chi connectivity index (χ0n) is 9.55. The van der Waals surface area contributed by atoms with Gasteiger partial charge in [-0.15, -0.1) is 0 Å². The van der Waals surface area contributed by atoms with Crippen LogP contribution in [0.4, 0.5) is 5.69 Å². The van der Waals surface area contributed by atoms with Gasteiger partial charge >= 0.3 is 11.2 Å². The summed E-state index contributed by atoms with van der Waals surface area (Å²) in [6, 6.07) is 7.49. The molecule has 0 aliphatic carbocycles. The van der Waals surface area contributed by atoms with Crippen molar-refractivity contribution in [1.29, 1.82) is 0 Å². The third-order valence-electron chi connectivity index (χ3n) is 2.55. The van der Waals surface area contributed by atoms with Crippen LogP contribution in [0.3, 0.4) is 0 Å². The molecule has 1 aromatic heterocycles. The van der Waals surface area contributed by atoms with Gasteiger partial charge < -0.3 is 4.57 Å². The van der Waals surface area contributed by atoms with Crippen LogP contribution in [0.2, 0.25) is 10.0 Å². The van der Waals surface area contributed by atoms with Crippen LogP contribution in [-0.4, -0.2) is 9.49 Å². The summed E-state index contributed by atoms with van der Waals surface area (Å²) in [4.78, 5) is 21.8. The molecule has 0 saturated heterocycles. The van der Waals surface area contributed by atoms with E-state index in [2.05, 4.69) is 0 Å². The van der Waals surface area contributed by atoms with Crippen molar-refractivity contribution in [2.24, 2.45) is 0 Å². The van der Waals surface area contributed by atoms with Gasteiger partial charge in [-0.05, 0) is 23.8 Å². The quantitative estimate of drug-likeness (QED) is 0.646. The SMILES string of the molecule is O=c1c([N+](=O)[O-])cccn1Cc1ccc(Cl)cc1Cl. The topological polar surface area (TPSA) is 65.1 Å². The first kappa shape index (κ1) is 13.6. The van der Waals surface area contributed by atoms with Crippen molar-refractivity contribution in [3.8, 4) is 0 Å². The molecule has 2 rings (SSSR count). The number of aromatic nitrogens is 1. The molecule has 1 heterocycles. The predicted molar refractivity (Wildman–Crippen MR) is 72.9 cm³/mol. The third kappa shape index (κ3) is 2.94. The van der Waals surface area contributed by atoms with Crippen LogP contribution in [0.1, 0.15) is 5.56 Å². The lowest BCUT2D eigenvalue weighted by atomic mass is 10.2. The number of rotatable bonds is 3. The molecule has 0 amide bonds. The molecule has 0 unspecified atom stereocenters. The average molecular weight is 299 g/mol. The highest BCUT2D eigenvalue weighted by Crippen LogP contribution is 2.21. The number of halogens is 2. The van der Waals surface area contributed by atoms with Crippen LogP contribution >= 0.6 is 23.2 Å². The normalized spacial score (nSPS) is 10.4. The first-order chi connectivity index (χ1) is 8.99. The van der Waals surface area contributed by atoms with Gasteiger partial charge in [-0.25, -0.2) is 0 Å². The van der Waals surface area contributed by atoms with Crippen LogP contribution in [0.25, 0.3) is 0 Å². The number of benzene rings is 1. The average Bonchev–Trinajstić information content (AvgIpc) is 2.34. The minimum absolute atomic E-state index is 0.149. The van der Waals surface area contributed by atoms with E-state index in [1.165, 1.54) is 22.9 Å². The van der Waals surface area contributed by atoms with Gasteiger partial charge in [0.05, 0.1) is 11.5 Å². The maximum absolute atomic E-state index is 11.8. The molecule has 7 heteroatoms. The highest BCUT2D eigenvalue weighted by atomic mass is 35.5. The van der Waals surface area contributed by atoms with Gasteiger partial charge in [-0.2, -0.15) is 0 Å². The van der Waals surface area contributed by atoms with E-state index < -0.39 is 16.2 Å².